The second-order valence-electron chi connectivity index (χ2n) is 5.07. The first-order chi connectivity index (χ1) is 11.5. The highest BCUT2D eigenvalue weighted by Crippen LogP contribution is 2.15. The van der Waals surface area contributed by atoms with Crippen molar-refractivity contribution in [2.45, 2.75) is 6.42 Å². The standard InChI is InChI=1S/C9H6FNO.C8H5FN2O/c10-7-3-6-4-8(12)1-2-9(6)11-5-7;9-6-4-8-7(10-5-6)2-1-3-11(8)12/h1-3,5H,4H2;1-5H. The summed E-state index contributed by atoms with van der Waals surface area (Å²) < 4.78 is 25.8. The van der Waals surface area contributed by atoms with E-state index in [0.717, 1.165) is 18.5 Å². The normalized spacial score (nSPS) is 12.5. The van der Waals surface area contributed by atoms with Gasteiger partial charge in [-0.25, -0.2) is 13.8 Å². The van der Waals surface area contributed by atoms with Gasteiger partial charge in [-0.1, -0.05) is 0 Å². The molecular formula is C17H11F2N3O2. The van der Waals surface area contributed by atoms with E-state index in [1.54, 1.807) is 18.2 Å². The van der Waals surface area contributed by atoms with Crippen LogP contribution in [0.1, 0.15) is 11.3 Å². The lowest BCUT2D eigenvalue weighted by atomic mass is 10.0. The SMILES string of the molecule is O=C1C=Cc2ncc(F)cc2C1.[O-][n+]1cccc2ncc(F)cc21. The maximum Gasteiger partial charge on any atom is 0.245 e. The molecule has 0 fully saturated rings. The van der Waals surface area contributed by atoms with Crippen molar-refractivity contribution in [1.29, 1.82) is 0 Å². The van der Waals surface area contributed by atoms with Crippen molar-refractivity contribution in [2.75, 3.05) is 0 Å². The summed E-state index contributed by atoms with van der Waals surface area (Å²) >= 11 is 0. The Balaban J connectivity index is 0.000000141. The van der Waals surface area contributed by atoms with Gasteiger partial charge in [0.05, 0.1) is 24.2 Å². The molecule has 24 heavy (non-hydrogen) atoms. The molecule has 7 heteroatoms. The molecule has 3 aromatic heterocycles. The van der Waals surface area contributed by atoms with Gasteiger partial charge in [-0.3, -0.25) is 9.78 Å². The molecule has 1 aliphatic rings. The van der Waals surface area contributed by atoms with Crippen LogP contribution >= 0.6 is 0 Å². The third-order valence-corrected chi connectivity index (χ3v) is 3.34. The molecule has 0 N–H and O–H groups in total. The van der Waals surface area contributed by atoms with Gasteiger partial charge in [-0.2, -0.15) is 4.73 Å². The summed E-state index contributed by atoms with van der Waals surface area (Å²) in [4.78, 5) is 18.5. The first-order valence-corrected chi connectivity index (χ1v) is 7.02. The predicted molar refractivity (Wildman–Crippen MR) is 82.6 cm³/mol. The zero-order chi connectivity index (χ0) is 17.1. The van der Waals surface area contributed by atoms with E-state index in [2.05, 4.69) is 9.97 Å². The summed E-state index contributed by atoms with van der Waals surface area (Å²) in [6, 6.07) is 5.74. The van der Waals surface area contributed by atoms with Gasteiger partial charge in [0.1, 0.15) is 17.2 Å². The number of pyridine rings is 3. The monoisotopic (exact) mass is 327 g/mol. The number of carbonyl (C=O) groups is 1. The van der Waals surface area contributed by atoms with E-state index >= 15 is 0 Å². The van der Waals surface area contributed by atoms with Gasteiger partial charge < -0.3 is 5.21 Å². The number of hydrogen-bond donors (Lipinski definition) is 0. The summed E-state index contributed by atoms with van der Waals surface area (Å²) in [5, 5.41) is 11.0. The number of carbonyl (C=O) groups excluding carboxylic acids is 1. The molecule has 5 nitrogen and oxygen atoms in total. The van der Waals surface area contributed by atoms with Crippen LogP contribution in [0.5, 0.6) is 0 Å². The van der Waals surface area contributed by atoms with E-state index in [4.69, 9.17) is 0 Å². The van der Waals surface area contributed by atoms with Gasteiger partial charge in [-0.05, 0) is 29.8 Å². The van der Waals surface area contributed by atoms with E-state index in [1.807, 2.05) is 0 Å². The van der Waals surface area contributed by atoms with Crippen molar-refractivity contribution in [2.24, 2.45) is 0 Å². The molecule has 0 saturated carbocycles. The summed E-state index contributed by atoms with van der Waals surface area (Å²) in [6.45, 7) is 0. The number of hydrogen-bond acceptors (Lipinski definition) is 4. The largest absolute Gasteiger partial charge is 0.618 e. The lowest BCUT2D eigenvalue weighted by Crippen LogP contribution is -2.26. The van der Waals surface area contributed by atoms with Crippen molar-refractivity contribution in [3.63, 3.8) is 0 Å². The van der Waals surface area contributed by atoms with E-state index in [-0.39, 0.29) is 17.7 Å². The zero-order valence-electron chi connectivity index (χ0n) is 12.3. The quantitative estimate of drug-likeness (QED) is 0.469. The molecule has 0 aromatic carbocycles. The van der Waals surface area contributed by atoms with E-state index in [1.165, 1.54) is 18.3 Å². The maximum atomic E-state index is 12.6. The molecule has 0 atom stereocenters. The second kappa shape index (κ2) is 6.49. The summed E-state index contributed by atoms with van der Waals surface area (Å²) in [5.74, 6) is -0.898. The van der Waals surface area contributed by atoms with Gasteiger partial charge in [0.2, 0.25) is 5.52 Å². The Labute approximate surface area is 135 Å². The molecule has 0 unspecified atom stereocenters. The van der Waals surface area contributed by atoms with Gasteiger partial charge >= 0.3 is 0 Å². The fraction of sp³-hybridized carbons (Fsp3) is 0.0588. The molecule has 3 heterocycles. The molecule has 4 rings (SSSR count). The number of allylic oxidation sites excluding steroid dienone is 1. The first kappa shape index (κ1) is 15.7. The van der Waals surface area contributed by atoms with Crippen LogP contribution < -0.4 is 4.73 Å². The second-order valence-corrected chi connectivity index (χ2v) is 5.07. The van der Waals surface area contributed by atoms with Gasteiger partial charge in [0, 0.05) is 12.5 Å². The number of nitrogens with zero attached hydrogens (tertiary/aromatic N) is 3. The van der Waals surface area contributed by atoms with Gasteiger partial charge in [-0.15, -0.1) is 0 Å². The van der Waals surface area contributed by atoms with Crippen molar-refractivity contribution in [1.82, 2.24) is 9.97 Å². The Morgan fingerprint density at radius 2 is 1.83 bits per heavy atom. The van der Waals surface area contributed by atoms with Gasteiger partial charge in [0.15, 0.2) is 12.0 Å². The minimum absolute atomic E-state index is 0.00472. The Morgan fingerprint density at radius 3 is 2.67 bits per heavy atom. The molecule has 0 saturated heterocycles. The Kier molecular flexibility index (Phi) is 4.24. The average Bonchev–Trinajstić information content (AvgIpc) is 2.56. The number of fused-ring (bicyclic) bond motifs is 2. The van der Waals surface area contributed by atoms with Crippen LogP contribution in [0, 0.1) is 16.8 Å². The molecule has 0 amide bonds. The molecule has 3 aromatic rings. The van der Waals surface area contributed by atoms with Crippen molar-refractivity contribution < 1.29 is 18.3 Å². The fourth-order valence-corrected chi connectivity index (χ4v) is 2.24. The smallest absolute Gasteiger partial charge is 0.245 e. The molecule has 0 radical (unpaired) electrons. The first-order valence-electron chi connectivity index (χ1n) is 7.02. The zero-order valence-corrected chi connectivity index (χ0v) is 12.3. The Bertz CT molecular complexity index is 958. The minimum Gasteiger partial charge on any atom is -0.618 e. The molecule has 0 spiro atoms. The molecular weight excluding hydrogens is 316 g/mol. The Hall–Kier alpha value is -3.22. The number of ketones is 1. The third-order valence-electron chi connectivity index (χ3n) is 3.34. The lowest BCUT2D eigenvalue weighted by molar-refractivity contribution is -0.577. The molecule has 0 aliphatic heterocycles. The van der Waals surface area contributed by atoms with Crippen LogP contribution in [0.15, 0.2) is 48.9 Å². The van der Waals surface area contributed by atoms with Crippen LogP contribution in [0.3, 0.4) is 0 Å². The average molecular weight is 327 g/mol. The van der Waals surface area contributed by atoms with Crippen LogP contribution in [-0.4, -0.2) is 15.8 Å². The number of halogens is 2. The van der Waals surface area contributed by atoms with Crippen molar-refractivity contribution >= 4 is 22.9 Å². The fourth-order valence-electron chi connectivity index (χ4n) is 2.24. The minimum atomic E-state index is -0.502. The summed E-state index contributed by atoms with van der Waals surface area (Å²) in [7, 11) is 0. The highest BCUT2D eigenvalue weighted by Gasteiger charge is 2.11. The molecule has 1 aliphatic carbocycles. The number of aromatic nitrogens is 3. The maximum absolute atomic E-state index is 12.6. The highest BCUT2D eigenvalue weighted by molar-refractivity contribution is 5.97. The predicted octanol–water partition coefficient (Wildman–Crippen LogP) is 2.37. The van der Waals surface area contributed by atoms with E-state index in [0.29, 0.717) is 21.5 Å². The lowest BCUT2D eigenvalue weighted by Gasteiger charge is -2.06. The van der Waals surface area contributed by atoms with Crippen LogP contribution in [-0.2, 0) is 11.2 Å². The van der Waals surface area contributed by atoms with E-state index in [9.17, 15) is 18.8 Å². The van der Waals surface area contributed by atoms with Gasteiger partial charge in [0.25, 0.3) is 0 Å². The van der Waals surface area contributed by atoms with Crippen LogP contribution in [0.2, 0.25) is 0 Å². The summed E-state index contributed by atoms with van der Waals surface area (Å²) in [6.07, 6.45) is 6.88. The van der Waals surface area contributed by atoms with E-state index < -0.39 is 11.6 Å². The number of rotatable bonds is 0. The van der Waals surface area contributed by atoms with Crippen molar-refractivity contribution in [3.8, 4) is 0 Å². The Morgan fingerprint density at radius 1 is 1.08 bits per heavy atom. The third kappa shape index (κ3) is 3.40. The molecule has 120 valence electrons. The summed E-state index contributed by atoms with van der Waals surface area (Å²) in [5.41, 5.74) is 2.10. The highest BCUT2D eigenvalue weighted by atomic mass is 19.1. The molecule has 0 bridgehead atoms. The van der Waals surface area contributed by atoms with Crippen LogP contribution in [0.4, 0.5) is 8.78 Å². The topological polar surface area (TPSA) is 69.8 Å². The van der Waals surface area contributed by atoms with Crippen LogP contribution in [0.25, 0.3) is 17.1 Å². The van der Waals surface area contributed by atoms with Crippen molar-refractivity contribution in [3.05, 3.63) is 77.0 Å².